The maximum absolute atomic E-state index is 14.0. The van der Waals surface area contributed by atoms with Gasteiger partial charge in [-0.1, -0.05) is 6.07 Å². The molecule has 6 rings (SSSR count). The van der Waals surface area contributed by atoms with E-state index in [9.17, 15) is 13.2 Å². The Labute approximate surface area is 205 Å². The molecule has 1 aliphatic carbocycles. The second-order valence-corrected chi connectivity index (χ2v) is 11.0. The van der Waals surface area contributed by atoms with Gasteiger partial charge in [0.15, 0.2) is 5.82 Å². The Bertz CT molecular complexity index is 1180. The van der Waals surface area contributed by atoms with Crippen molar-refractivity contribution in [3.8, 4) is 11.3 Å². The number of hydrogen-bond donors (Lipinski definition) is 1. The lowest BCUT2D eigenvalue weighted by molar-refractivity contribution is -0.137. The van der Waals surface area contributed by atoms with E-state index >= 15 is 0 Å². The number of thiazole rings is 1. The number of anilines is 1. The van der Waals surface area contributed by atoms with Crippen LogP contribution in [0.3, 0.4) is 0 Å². The zero-order valence-electron chi connectivity index (χ0n) is 19.3. The molecule has 0 radical (unpaired) electrons. The number of nitrogens with one attached hydrogen (secondary N) is 1. The number of likely N-dealkylation sites (tertiary alicyclic amines) is 1. The molecule has 0 amide bonds. The number of aromatic nitrogens is 3. The largest absolute Gasteiger partial charge is 0.420 e. The van der Waals surface area contributed by atoms with E-state index in [4.69, 9.17) is 4.74 Å². The Hall–Kier alpha value is -2.30. The second kappa shape index (κ2) is 9.29. The van der Waals surface area contributed by atoms with Gasteiger partial charge in [-0.25, -0.2) is 4.98 Å². The van der Waals surface area contributed by atoms with Crippen molar-refractivity contribution < 1.29 is 17.9 Å². The third kappa shape index (κ3) is 4.88. The summed E-state index contributed by atoms with van der Waals surface area (Å²) in [6.07, 6.45) is -0.516. The molecule has 2 saturated heterocycles. The zero-order chi connectivity index (χ0) is 24.0. The maximum Gasteiger partial charge on any atom is 0.420 e. The lowest BCUT2D eigenvalue weighted by atomic mass is 10.00. The molecule has 3 atom stereocenters. The van der Waals surface area contributed by atoms with E-state index in [1.807, 2.05) is 6.07 Å². The molecule has 1 saturated carbocycles. The first-order valence-electron chi connectivity index (χ1n) is 12.3. The summed E-state index contributed by atoms with van der Waals surface area (Å²) in [5, 5.41) is 11.3. The first-order valence-corrected chi connectivity index (χ1v) is 13.2. The molecule has 3 aromatic rings. The number of benzene rings is 1. The molecule has 6 nitrogen and oxygen atoms in total. The van der Waals surface area contributed by atoms with Crippen LogP contribution in [0.1, 0.15) is 31.2 Å². The number of alkyl halides is 3. The van der Waals surface area contributed by atoms with Crippen LogP contribution in [-0.4, -0.2) is 59.0 Å². The first-order chi connectivity index (χ1) is 16.9. The lowest BCUT2D eigenvalue weighted by Gasteiger charge is -2.28. The lowest BCUT2D eigenvalue weighted by Crippen LogP contribution is -2.32. The third-order valence-electron chi connectivity index (χ3n) is 7.75. The van der Waals surface area contributed by atoms with E-state index in [0.29, 0.717) is 23.3 Å². The van der Waals surface area contributed by atoms with E-state index in [0.717, 1.165) is 74.8 Å². The Morgan fingerprint density at radius 3 is 2.57 bits per heavy atom. The Kier molecular flexibility index (Phi) is 6.14. The predicted molar refractivity (Wildman–Crippen MR) is 129 cm³/mol. The van der Waals surface area contributed by atoms with Gasteiger partial charge in [0, 0.05) is 44.5 Å². The molecule has 0 bridgehead atoms. The summed E-state index contributed by atoms with van der Waals surface area (Å²) < 4.78 is 48.4. The summed E-state index contributed by atoms with van der Waals surface area (Å²) in [6, 6.07) is 6.45. The van der Waals surface area contributed by atoms with Gasteiger partial charge in [0.25, 0.3) is 0 Å². The quantitative estimate of drug-likeness (QED) is 0.509. The van der Waals surface area contributed by atoms with Crippen LogP contribution >= 0.6 is 11.3 Å². The number of halogens is 3. The molecule has 4 heterocycles. The fraction of sp³-hybridized carbons (Fsp3) is 0.560. The predicted octanol–water partition coefficient (Wildman–Crippen LogP) is 5.32. The highest BCUT2D eigenvalue weighted by atomic mass is 32.1. The Morgan fingerprint density at radius 1 is 1.06 bits per heavy atom. The molecular weight excluding hydrogens is 475 g/mol. The van der Waals surface area contributed by atoms with Gasteiger partial charge in [0.1, 0.15) is 5.56 Å². The Morgan fingerprint density at radius 2 is 1.83 bits per heavy atom. The molecule has 1 N–H and O–H groups in total. The van der Waals surface area contributed by atoms with E-state index < -0.39 is 11.7 Å². The van der Waals surface area contributed by atoms with Crippen molar-refractivity contribution in [2.24, 2.45) is 17.8 Å². The van der Waals surface area contributed by atoms with E-state index in [1.54, 1.807) is 17.6 Å². The monoisotopic (exact) mass is 503 g/mol. The highest BCUT2D eigenvalue weighted by Gasteiger charge is 2.42. The normalized spacial score (nSPS) is 25.9. The molecule has 186 valence electrons. The minimum atomic E-state index is -4.52. The summed E-state index contributed by atoms with van der Waals surface area (Å²) in [6.45, 7) is 4.91. The average molecular weight is 504 g/mol. The SMILES string of the molecule is FC(F)(F)c1cc(-c2ccc3ncsc3c2)nnc1NC1C[C@@H]2CN(CC3CCOCC3)C[C@@H]2C1. The smallest absolute Gasteiger partial charge is 0.381 e. The van der Waals surface area contributed by atoms with Crippen molar-refractivity contribution in [1.82, 2.24) is 20.1 Å². The van der Waals surface area contributed by atoms with Crippen LogP contribution in [0.5, 0.6) is 0 Å². The second-order valence-electron chi connectivity index (χ2n) is 10.1. The van der Waals surface area contributed by atoms with Crippen molar-refractivity contribution in [3.63, 3.8) is 0 Å². The van der Waals surface area contributed by atoms with Crippen LogP contribution < -0.4 is 5.32 Å². The van der Waals surface area contributed by atoms with E-state index in [1.165, 1.54) is 11.3 Å². The molecular formula is C25H28F3N5OS. The fourth-order valence-electron chi connectivity index (χ4n) is 6.02. The topological polar surface area (TPSA) is 63.2 Å². The molecule has 35 heavy (non-hydrogen) atoms. The van der Waals surface area contributed by atoms with Gasteiger partial charge in [-0.05, 0) is 61.6 Å². The van der Waals surface area contributed by atoms with Gasteiger partial charge in [0.05, 0.1) is 21.4 Å². The number of hydrogen-bond acceptors (Lipinski definition) is 7. The first kappa shape index (κ1) is 23.1. The van der Waals surface area contributed by atoms with Crippen LogP contribution in [0.25, 0.3) is 21.5 Å². The summed E-state index contributed by atoms with van der Waals surface area (Å²) in [7, 11) is 0. The summed E-state index contributed by atoms with van der Waals surface area (Å²) in [5.41, 5.74) is 2.59. The number of ether oxygens (including phenoxy) is 1. The fourth-order valence-corrected chi connectivity index (χ4v) is 6.74. The molecule has 2 aliphatic heterocycles. The van der Waals surface area contributed by atoms with Gasteiger partial charge in [-0.15, -0.1) is 21.5 Å². The third-order valence-corrected chi connectivity index (χ3v) is 8.54. The maximum atomic E-state index is 14.0. The van der Waals surface area contributed by atoms with Crippen LogP contribution in [-0.2, 0) is 10.9 Å². The molecule has 10 heteroatoms. The summed E-state index contributed by atoms with van der Waals surface area (Å²) >= 11 is 1.45. The zero-order valence-corrected chi connectivity index (χ0v) is 20.1. The van der Waals surface area contributed by atoms with E-state index in [2.05, 4.69) is 25.4 Å². The highest BCUT2D eigenvalue weighted by molar-refractivity contribution is 7.16. The van der Waals surface area contributed by atoms with Crippen LogP contribution in [0.2, 0.25) is 0 Å². The van der Waals surface area contributed by atoms with Gasteiger partial charge in [0.2, 0.25) is 0 Å². The Balaban J connectivity index is 1.14. The van der Waals surface area contributed by atoms with Crippen molar-refractivity contribution in [3.05, 3.63) is 35.3 Å². The number of fused-ring (bicyclic) bond motifs is 2. The number of rotatable bonds is 5. The molecule has 0 spiro atoms. The van der Waals surface area contributed by atoms with Crippen molar-refractivity contribution in [2.45, 2.75) is 37.9 Å². The summed E-state index contributed by atoms with van der Waals surface area (Å²) in [5.74, 6) is 1.60. The van der Waals surface area contributed by atoms with Crippen molar-refractivity contribution in [1.29, 1.82) is 0 Å². The van der Waals surface area contributed by atoms with Crippen molar-refractivity contribution in [2.75, 3.05) is 38.2 Å². The minimum absolute atomic E-state index is 0.00924. The molecule has 1 unspecified atom stereocenters. The van der Waals surface area contributed by atoms with Crippen LogP contribution in [0.4, 0.5) is 19.0 Å². The van der Waals surface area contributed by atoms with E-state index in [-0.39, 0.29) is 17.6 Å². The summed E-state index contributed by atoms with van der Waals surface area (Å²) in [4.78, 5) is 6.78. The van der Waals surface area contributed by atoms with Gasteiger partial charge in [-0.2, -0.15) is 13.2 Å². The minimum Gasteiger partial charge on any atom is -0.381 e. The molecule has 3 aliphatic rings. The molecule has 3 fully saturated rings. The average Bonchev–Trinajstić information content (AvgIpc) is 3.54. The number of nitrogens with zero attached hydrogens (tertiary/aromatic N) is 4. The molecule has 2 aromatic heterocycles. The van der Waals surface area contributed by atoms with Crippen LogP contribution in [0, 0.1) is 17.8 Å². The highest BCUT2D eigenvalue weighted by Crippen LogP contribution is 2.42. The van der Waals surface area contributed by atoms with Crippen LogP contribution in [0.15, 0.2) is 29.8 Å². The van der Waals surface area contributed by atoms with Gasteiger partial charge < -0.3 is 15.0 Å². The van der Waals surface area contributed by atoms with Gasteiger partial charge in [-0.3, -0.25) is 0 Å². The van der Waals surface area contributed by atoms with Gasteiger partial charge >= 0.3 is 6.18 Å². The standard InChI is InChI=1S/C25H28F3N5OS/c26-25(27,28)20-10-22(16-1-2-21-23(9-16)35-14-29-21)31-32-24(20)30-19-7-17-12-33(13-18(17)8-19)11-15-3-5-34-6-4-15/h1-2,9-10,14-15,17-19H,3-8,11-13H2,(H,30,32)/t17-,18+,19?. The molecule has 1 aromatic carbocycles. The van der Waals surface area contributed by atoms with Crippen molar-refractivity contribution >= 4 is 27.4 Å².